The number of carbonyl (C=O) groups excluding carboxylic acids is 1. The third-order valence-electron chi connectivity index (χ3n) is 5.69. The molecule has 1 heterocycles. The highest BCUT2D eigenvalue weighted by atomic mass is 32.1. The van der Waals surface area contributed by atoms with Crippen LogP contribution in [0.2, 0.25) is 0 Å². The van der Waals surface area contributed by atoms with Crippen LogP contribution >= 0.6 is 11.3 Å². The molecule has 0 saturated heterocycles. The fraction of sp³-hybridized carbons (Fsp3) is 0.154. The highest BCUT2D eigenvalue weighted by molar-refractivity contribution is 7.22. The summed E-state index contributed by atoms with van der Waals surface area (Å²) in [6.45, 7) is 0.825. The van der Waals surface area contributed by atoms with Crippen LogP contribution in [-0.4, -0.2) is 24.2 Å². The van der Waals surface area contributed by atoms with Gasteiger partial charge < -0.3 is 15.8 Å². The Morgan fingerprint density at radius 2 is 1.75 bits per heavy atom. The maximum Gasteiger partial charge on any atom is 0.407 e. The molecule has 160 valence electrons. The molecule has 1 aliphatic rings. The Balaban J connectivity index is 1.14. The molecule has 5 rings (SSSR count). The van der Waals surface area contributed by atoms with Gasteiger partial charge in [0.1, 0.15) is 6.61 Å². The van der Waals surface area contributed by atoms with Gasteiger partial charge in [-0.2, -0.15) is 0 Å². The van der Waals surface area contributed by atoms with E-state index in [0.29, 0.717) is 24.7 Å². The molecule has 4 aromatic rings. The van der Waals surface area contributed by atoms with Gasteiger partial charge in [-0.05, 0) is 34.7 Å². The van der Waals surface area contributed by atoms with Crippen LogP contribution in [0.3, 0.4) is 0 Å². The monoisotopic (exact) mass is 441 g/mol. The molecule has 6 heteroatoms. The van der Waals surface area contributed by atoms with E-state index in [-0.39, 0.29) is 5.92 Å². The second-order valence-electron chi connectivity index (χ2n) is 7.69. The molecule has 0 spiro atoms. The topological polar surface area (TPSA) is 77.2 Å². The molecule has 5 nitrogen and oxygen atoms in total. The number of nitrogen functional groups attached to an aromatic ring is 1. The van der Waals surface area contributed by atoms with Crippen LogP contribution in [0.5, 0.6) is 0 Å². The van der Waals surface area contributed by atoms with Crippen molar-refractivity contribution in [1.29, 1.82) is 0 Å². The van der Waals surface area contributed by atoms with Gasteiger partial charge in [-0.1, -0.05) is 84.2 Å². The molecule has 1 aliphatic carbocycles. The zero-order valence-corrected chi connectivity index (χ0v) is 18.3. The summed E-state index contributed by atoms with van der Waals surface area (Å²) in [6, 6.07) is 22.7. The SMILES string of the molecule is Nc1nc2c(C=CCCNC(=O)OCC3c4ccccc4-c4ccccc43)cccc2s1. The molecule has 0 saturated carbocycles. The molecule has 0 bridgehead atoms. The van der Waals surface area contributed by atoms with Crippen molar-refractivity contribution in [3.8, 4) is 11.1 Å². The first kappa shape index (κ1) is 20.3. The Bertz CT molecular complexity index is 1270. The molecular formula is C26H23N3O2S. The van der Waals surface area contributed by atoms with Crippen molar-refractivity contribution in [2.24, 2.45) is 0 Å². The van der Waals surface area contributed by atoms with Gasteiger partial charge in [0.25, 0.3) is 0 Å². The molecule has 3 aromatic carbocycles. The zero-order valence-electron chi connectivity index (χ0n) is 17.5. The number of anilines is 1. The van der Waals surface area contributed by atoms with Gasteiger partial charge in [0.05, 0.1) is 10.2 Å². The molecule has 1 aromatic heterocycles. The minimum absolute atomic E-state index is 0.0686. The summed E-state index contributed by atoms with van der Waals surface area (Å²) < 4.78 is 6.64. The van der Waals surface area contributed by atoms with Gasteiger partial charge in [0.15, 0.2) is 5.13 Å². The third kappa shape index (κ3) is 3.97. The number of nitrogens with two attached hydrogens (primary N) is 1. The summed E-state index contributed by atoms with van der Waals surface area (Å²) in [5.41, 5.74) is 12.6. The van der Waals surface area contributed by atoms with Crippen molar-refractivity contribution in [3.05, 3.63) is 89.5 Å². The number of carbonyl (C=O) groups is 1. The number of thiazole rings is 1. The second kappa shape index (κ2) is 8.85. The Morgan fingerprint density at radius 1 is 1.03 bits per heavy atom. The standard InChI is InChI=1S/C26H23N3O2S/c27-25-29-24-17(9-7-14-23(24)32-25)8-5-6-15-28-26(30)31-16-22-20-12-3-1-10-18(20)19-11-2-4-13-21(19)22/h1-5,7-14,22H,6,15-16H2,(H2,27,29)(H,28,30). The predicted molar refractivity (Wildman–Crippen MR) is 131 cm³/mol. The van der Waals surface area contributed by atoms with Gasteiger partial charge in [-0.15, -0.1) is 0 Å². The fourth-order valence-corrected chi connectivity index (χ4v) is 5.01. The van der Waals surface area contributed by atoms with E-state index in [4.69, 9.17) is 10.5 Å². The van der Waals surface area contributed by atoms with Crippen LogP contribution in [0.15, 0.2) is 72.8 Å². The minimum atomic E-state index is -0.394. The lowest BCUT2D eigenvalue weighted by Gasteiger charge is -2.14. The maximum atomic E-state index is 12.3. The second-order valence-corrected chi connectivity index (χ2v) is 8.75. The summed E-state index contributed by atoms with van der Waals surface area (Å²) in [4.78, 5) is 16.6. The lowest BCUT2D eigenvalue weighted by molar-refractivity contribution is 0.143. The van der Waals surface area contributed by atoms with Crippen LogP contribution in [0, 0.1) is 0 Å². The number of aromatic nitrogens is 1. The van der Waals surface area contributed by atoms with E-state index in [1.165, 1.54) is 33.6 Å². The van der Waals surface area contributed by atoms with E-state index in [9.17, 15) is 4.79 Å². The van der Waals surface area contributed by atoms with E-state index < -0.39 is 6.09 Å². The van der Waals surface area contributed by atoms with E-state index in [0.717, 1.165) is 15.8 Å². The zero-order chi connectivity index (χ0) is 21.9. The van der Waals surface area contributed by atoms with Gasteiger partial charge in [-0.25, -0.2) is 9.78 Å². The number of nitrogens with one attached hydrogen (secondary N) is 1. The summed E-state index contributed by atoms with van der Waals surface area (Å²) in [5.74, 6) is 0.0686. The highest BCUT2D eigenvalue weighted by Gasteiger charge is 2.28. The largest absolute Gasteiger partial charge is 0.449 e. The van der Waals surface area contributed by atoms with Crippen molar-refractivity contribution in [2.45, 2.75) is 12.3 Å². The Kier molecular flexibility index (Phi) is 5.60. The Morgan fingerprint density at radius 3 is 2.50 bits per heavy atom. The van der Waals surface area contributed by atoms with Crippen LogP contribution in [0.25, 0.3) is 27.4 Å². The number of amides is 1. The summed E-state index contributed by atoms with van der Waals surface area (Å²) >= 11 is 1.48. The predicted octanol–water partition coefficient (Wildman–Crippen LogP) is 5.82. The van der Waals surface area contributed by atoms with E-state index in [1.54, 1.807) is 0 Å². The van der Waals surface area contributed by atoms with Crippen molar-refractivity contribution in [2.75, 3.05) is 18.9 Å². The first-order valence-corrected chi connectivity index (χ1v) is 11.4. The number of alkyl carbamates (subject to hydrolysis) is 1. The average molecular weight is 442 g/mol. The number of para-hydroxylation sites is 1. The molecule has 1 amide bonds. The number of fused-ring (bicyclic) bond motifs is 4. The molecule has 0 unspecified atom stereocenters. The average Bonchev–Trinajstić information content (AvgIpc) is 3.35. The number of nitrogens with zero attached hydrogens (tertiary/aromatic N) is 1. The lowest BCUT2D eigenvalue weighted by Crippen LogP contribution is -2.26. The number of rotatable bonds is 6. The Labute approximate surface area is 190 Å². The van der Waals surface area contributed by atoms with Crippen LogP contribution < -0.4 is 11.1 Å². The lowest BCUT2D eigenvalue weighted by atomic mass is 9.98. The molecule has 3 N–H and O–H groups in total. The van der Waals surface area contributed by atoms with Crippen molar-refractivity contribution in [1.82, 2.24) is 10.3 Å². The fourth-order valence-electron chi connectivity index (χ4n) is 4.24. The highest BCUT2D eigenvalue weighted by Crippen LogP contribution is 2.44. The summed E-state index contributed by atoms with van der Waals surface area (Å²) in [7, 11) is 0. The first-order valence-electron chi connectivity index (χ1n) is 10.6. The number of hydrogen-bond donors (Lipinski definition) is 2. The van der Waals surface area contributed by atoms with Gasteiger partial charge in [0.2, 0.25) is 0 Å². The molecule has 0 fully saturated rings. The van der Waals surface area contributed by atoms with Crippen molar-refractivity contribution in [3.63, 3.8) is 0 Å². The third-order valence-corrected chi connectivity index (χ3v) is 6.54. The molecule has 32 heavy (non-hydrogen) atoms. The van der Waals surface area contributed by atoms with E-state index in [2.05, 4.69) is 34.6 Å². The normalized spacial score (nSPS) is 12.8. The molecule has 0 atom stereocenters. The van der Waals surface area contributed by atoms with Gasteiger partial charge in [-0.3, -0.25) is 0 Å². The van der Waals surface area contributed by atoms with Crippen LogP contribution in [0.4, 0.5) is 9.93 Å². The van der Waals surface area contributed by atoms with Crippen LogP contribution in [-0.2, 0) is 4.74 Å². The molecule has 0 radical (unpaired) electrons. The smallest absolute Gasteiger partial charge is 0.407 e. The number of ether oxygens (including phenoxy) is 1. The van der Waals surface area contributed by atoms with Crippen molar-refractivity contribution < 1.29 is 9.53 Å². The minimum Gasteiger partial charge on any atom is -0.449 e. The van der Waals surface area contributed by atoms with Crippen LogP contribution in [0.1, 0.15) is 29.0 Å². The quantitative estimate of drug-likeness (QED) is 0.370. The molecule has 0 aliphatic heterocycles. The number of benzene rings is 3. The number of hydrogen-bond acceptors (Lipinski definition) is 5. The summed E-state index contributed by atoms with van der Waals surface area (Å²) in [5, 5.41) is 3.40. The maximum absolute atomic E-state index is 12.3. The molecular weight excluding hydrogens is 418 g/mol. The van der Waals surface area contributed by atoms with E-state index >= 15 is 0 Å². The van der Waals surface area contributed by atoms with Gasteiger partial charge >= 0.3 is 6.09 Å². The Hall–Kier alpha value is -3.64. The van der Waals surface area contributed by atoms with Crippen molar-refractivity contribution >= 4 is 38.9 Å². The van der Waals surface area contributed by atoms with Gasteiger partial charge in [0, 0.05) is 18.0 Å². The van der Waals surface area contributed by atoms with E-state index in [1.807, 2.05) is 54.6 Å². The first-order chi connectivity index (χ1) is 15.7. The summed E-state index contributed by atoms with van der Waals surface area (Å²) in [6.07, 6.45) is 4.34.